The van der Waals surface area contributed by atoms with E-state index < -0.39 is 0 Å². The number of fused-ring (bicyclic) bond motifs is 3. The van der Waals surface area contributed by atoms with E-state index in [2.05, 4.69) is 102 Å². The number of allylic oxidation sites excluding steroid dienone is 2. The Morgan fingerprint density at radius 1 is 0.855 bits per heavy atom. The molecule has 3 heterocycles. The molecule has 6 rings (SSSR count). The number of nitrogens with zero attached hydrogens (tertiary/aromatic N) is 1. The van der Waals surface area contributed by atoms with Crippen molar-refractivity contribution < 1.29 is 38.8 Å². The molecule has 0 aliphatic carbocycles. The number of carbonyl (C=O) groups is 1. The Hall–Kier alpha value is -3.99. The largest absolute Gasteiger partial charge is 0.512 e. The molecule has 0 aliphatic rings. The van der Waals surface area contributed by atoms with E-state index in [1.807, 2.05) is 47.6 Å². The average molecular weight is 919 g/mol. The maximum atomic E-state index is 12.2. The van der Waals surface area contributed by atoms with Gasteiger partial charge in [-0.15, -0.1) is 29.1 Å². The normalized spacial score (nSPS) is 12.6. The van der Waals surface area contributed by atoms with Crippen LogP contribution in [0, 0.1) is 29.7 Å². The SMILES string of the molecule is CCC(C)(CC)C(=O)/C=C(\O)C(C)(CC)CC.Cc1c(CC(C)C)oc2ccc(-c3cc(-c4[c-]c5ccccc5c(C(C)(C)C)c4)nc4occc34)cc12.[Ir]. The van der Waals surface area contributed by atoms with Gasteiger partial charge in [0.15, 0.2) is 5.78 Å². The monoisotopic (exact) mass is 919 g/mol. The van der Waals surface area contributed by atoms with Crippen LogP contribution < -0.4 is 0 Å². The zero-order valence-electron chi connectivity index (χ0n) is 35.0. The van der Waals surface area contributed by atoms with Gasteiger partial charge < -0.3 is 13.9 Å². The molecule has 295 valence electrons. The van der Waals surface area contributed by atoms with Crippen LogP contribution >= 0.6 is 0 Å². The molecule has 0 fully saturated rings. The summed E-state index contributed by atoms with van der Waals surface area (Å²) in [6.45, 7) is 25.5. The van der Waals surface area contributed by atoms with E-state index in [9.17, 15) is 9.90 Å². The first-order valence-electron chi connectivity index (χ1n) is 19.8. The number of rotatable bonds is 11. The average Bonchev–Trinajstić information content (AvgIpc) is 3.76. The van der Waals surface area contributed by atoms with Gasteiger partial charge in [-0.3, -0.25) is 9.78 Å². The maximum Gasteiger partial charge on any atom is 0.219 e. The summed E-state index contributed by atoms with van der Waals surface area (Å²) >= 11 is 0. The van der Waals surface area contributed by atoms with Crippen LogP contribution in [0.15, 0.2) is 87.6 Å². The molecule has 3 aromatic heterocycles. The Bertz CT molecular complexity index is 2290. The number of hydrogen-bond acceptors (Lipinski definition) is 5. The number of aliphatic hydroxyl groups excluding tert-OH is 1. The molecule has 3 aromatic carbocycles. The summed E-state index contributed by atoms with van der Waals surface area (Å²) in [7, 11) is 0. The van der Waals surface area contributed by atoms with Crippen molar-refractivity contribution in [2.45, 2.75) is 121 Å². The first-order chi connectivity index (χ1) is 25.5. The molecule has 6 heteroatoms. The topological polar surface area (TPSA) is 76.5 Å². The Balaban J connectivity index is 0.000000320. The standard InChI is InChI=1S/C34H32NO2.C15H28O2.Ir/c1-20(2)15-32-21(3)27-17-23(11-12-31(27)37-32)28-19-30(35-33-26(28)13-14-36-33)24-16-22-9-7-8-10-25(22)29(18-24)34(4,5)6;1-7-14(5,8-2)12(16)11-13(17)15(6,9-3)10-4;/h7-14,17-20H,15H2,1-6H3;11,16H,7-10H2,1-6H3;/q-1;;/b;12-11-;. The van der Waals surface area contributed by atoms with Crippen LogP contribution in [0.4, 0.5) is 0 Å². The molecule has 0 amide bonds. The van der Waals surface area contributed by atoms with Gasteiger partial charge in [0.2, 0.25) is 5.71 Å². The summed E-state index contributed by atoms with van der Waals surface area (Å²) in [6.07, 6.45) is 7.41. The summed E-state index contributed by atoms with van der Waals surface area (Å²) in [5.41, 5.74) is 7.52. The molecule has 1 radical (unpaired) electrons. The van der Waals surface area contributed by atoms with Gasteiger partial charge >= 0.3 is 0 Å². The van der Waals surface area contributed by atoms with E-state index in [0.717, 1.165) is 82.0 Å². The van der Waals surface area contributed by atoms with Crippen molar-refractivity contribution in [1.82, 2.24) is 4.98 Å². The van der Waals surface area contributed by atoms with Crippen LogP contribution in [0.2, 0.25) is 0 Å². The second kappa shape index (κ2) is 17.4. The molecular weight excluding hydrogens is 859 g/mol. The Labute approximate surface area is 342 Å². The van der Waals surface area contributed by atoms with Gasteiger partial charge in [0.1, 0.15) is 17.1 Å². The quantitative estimate of drug-likeness (QED) is 0.0796. The molecule has 0 saturated heterocycles. The van der Waals surface area contributed by atoms with Crippen LogP contribution in [0.5, 0.6) is 0 Å². The predicted molar refractivity (Wildman–Crippen MR) is 226 cm³/mol. The van der Waals surface area contributed by atoms with Gasteiger partial charge in [-0.2, -0.15) is 0 Å². The molecule has 5 nitrogen and oxygen atoms in total. The molecule has 0 atom stereocenters. The van der Waals surface area contributed by atoms with Gasteiger partial charge in [-0.05, 0) is 78.8 Å². The number of pyridine rings is 1. The van der Waals surface area contributed by atoms with Crippen LogP contribution in [0.25, 0.3) is 55.2 Å². The van der Waals surface area contributed by atoms with Gasteiger partial charge in [-0.1, -0.05) is 117 Å². The van der Waals surface area contributed by atoms with Gasteiger partial charge in [0.05, 0.1) is 6.26 Å². The molecule has 0 unspecified atom stereocenters. The molecular formula is C49H60IrNO4-. The summed E-state index contributed by atoms with van der Waals surface area (Å²) < 4.78 is 12.1. The minimum absolute atomic E-state index is 0. The Morgan fingerprint density at radius 3 is 2.13 bits per heavy atom. The smallest absolute Gasteiger partial charge is 0.219 e. The summed E-state index contributed by atoms with van der Waals surface area (Å²) in [5.74, 6) is 1.91. The van der Waals surface area contributed by atoms with Crippen LogP contribution in [0.3, 0.4) is 0 Å². The summed E-state index contributed by atoms with van der Waals surface area (Å²) in [5, 5.41) is 14.6. The van der Waals surface area contributed by atoms with E-state index in [1.54, 1.807) is 6.26 Å². The third-order valence-electron chi connectivity index (χ3n) is 11.8. The van der Waals surface area contributed by atoms with Crippen LogP contribution in [-0.2, 0) is 36.7 Å². The van der Waals surface area contributed by atoms with E-state index in [-0.39, 0.29) is 47.9 Å². The molecule has 0 saturated carbocycles. The molecule has 55 heavy (non-hydrogen) atoms. The van der Waals surface area contributed by atoms with E-state index >= 15 is 0 Å². The van der Waals surface area contributed by atoms with E-state index in [4.69, 9.17) is 13.8 Å². The van der Waals surface area contributed by atoms with E-state index in [1.165, 1.54) is 22.6 Å². The van der Waals surface area contributed by atoms with Gasteiger partial charge in [0.25, 0.3) is 0 Å². The number of aliphatic hydroxyl groups is 1. The minimum Gasteiger partial charge on any atom is -0.512 e. The fourth-order valence-electron chi connectivity index (χ4n) is 7.00. The van der Waals surface area contributed by atoms with Crippen molar-refractivity contribution in [3.05, 3.63) is 102 Å². The molecule has 0 spiro atoms. The Kier molecular flexibility index (Phi) is 13.9. The maximum absolute atomic E-state index is 12.2. The molecule has 6 aromatic rings. The number of benzene rings is 3. The number of furan rings is 2. The third-order valence-corrected chi connectivity index (χ3v) is 11.8. The fraction of sp³-hybridized carbons (Fsp3) is 0.429. The summed E-state index contributed by atoms with van der Waals surface area (Å²) in [4.78, 5) is 17.1. The Morgan fingerprint density at radius 2 is 1.51 bits per heavy atom. The summed E-state index contributed by atoms with van der Waals surface area (Å²) in [6, 6.07) is 25.0. The first-order valence-corrected chi connectivity index (χ1v) is 19.8. The zero-order chi connectivity index (χ0) is 39.6. The number of hydrogen-bond donors (Lipinski definition) is 1. The van der Waals surface area contributed by atoms with Crippen LogP contribution in [0.1, 0.15) is 119 Å². The number of aryl methyl sites for hydroxylation is 1. The van der Waals surface area contributed by atoms with Crippen LogP contribution in [-0.4, -0.2) is 15.9 Å². The van der Waals surface area contributed by atoms with Gasteiger partial charge in [-0.25, -0.2) is 0 Å². The third kappa shape index (κ3) is 9.19. The van der Waals surface area contributed by atoms with Crippen molar-refractivity contribution in [2.75, 3.05) is 0 Å². The predicted octanol–water partition coefficient (Wildman–Crippen LogP) is 14.3. The molecule has 0 bridgehead atoms. The minimum atomic E-state index is -0.337. The van der Waals surface area contributed by atoms with Crippen molar-refractivity contribution >= 4 is 38.6 Å². The zero-order valence-corrected chi connectivity index (χ0v) is 37.4. The number of ketones is 1. The van der Waals surface area contributed by atoms with Crippen molar-refractivity contribution in [2.24, 2.45) is 16.7 Å². The van der Waals surface area contributed by atoms with Crippen molar-refractivity contribution in [3.63, 3.8) is 0 Å². The number of aromatic nitrogens is 1. The van der Waals surface area contributed by atoms with E-state index in [0.29, 0.717) is 11.6 Å². The molecule has 1 N–H and O–H groups in total. The van der Waals surface area contributed by atoms with Crippen molar-refractivity contribution in [1.29, 1.82) is 0 Å². The fourth-order valence-corrected chi connectivity index (χ4v) is 7.00. The van der Waals surface area contributed by atoms with Crippen molar-refractivity contribution in [3.8, 4) is 22.4 Å². The second-order valence-corrected chi connectivity index (χ2v) is 17.0. The number of carbonyl (C=O) groups excluding carboxylic acids is 1. The first kappa shape index (κ1) is 43.7. The second-order valence-electron chi connectivity index (χ2n) is 17.0. The molecule has 0 aliphatic heterocycles. The van der Waals surface area contributed by atoms with Gasteiger partial charge in [0, 0.05) is 59.9 Å².